The highest BCUT2D eigenvalue weighted by atomic mass is 19.2. The molecule has 6 heteroatoms. The number of ketones is 1. The van der Waals surface area contributed by atoms with Gasteiger partial charge in [0.25, 0.3) is 0 Å². The van der Waals surface area contributed by atoms with Crippen LogP contribution < -0.4 is 0 Å². The van der Waals surface area contributed by atoms with Crippen molar-refractivity contribution in [2.45, 2.75) is 6.42 Å². The van der Waals surface area contributed by atoms with Crippen molar-refractivity contribution in [1.29, 1.82) is 0 Å². The third-order valence-electron chi connectivity index (χ3n) is 2.42. The van der Waals surface area contributed by atoms with Gasteiger partial charge in [-0.15, -0.1) is 0 Å². The van der Waals surface area contributed by atoms with Gasteiger partial charge in [0.05, 0.1) is 12.1 Å². The van der Waals surface area contributed by atoms with Crippen LogP contribution in [0.15, 0.2) is 24.4 Å². The van der Waals surface area contributed by atoms with Gasteiger partial charge in [0.2, 0.25) is 0 Å². The van der Waals surface area contributed by atoms with E-state index in [4.69, 9.17) is 0 Å². The first-order chi connectivity index (χ1) is 8.47. The van der Waals surface area contributed by atoms with Crippen LogP contribution in [0.1, 0.15) is 16.1 Å². The Bertz CT molecular complexity index is 584. The van der Waals surface area contributed by atoms with Crippen LogP contribution in [-0.2, 0) is 13.5 Å². The Labute approximate surface area is 101 Å². The number of rotatable bonds is 3. The predicted molar refractivity (Wildman–Crippen MR) is 57.6 cm³/mol. The summed E-state index contributed by atoms with van der Waals surface area (Å²) in [5.74, 6) is -4.85. The van der Waals surface area contributed by atoms with Crippen LogP contribution in [0.4, 0.5) is 13.2 Å². The molecule has 0 aliphatic rings. The highest BCUT2D eigenvalue weighted by Crippen LogP contribution is 2.15. The molecule has 0 radical (unpaired) electrons. The zero-order chi connectivity index (χ0) is 13.3. The minimum Gasteiger partial charge on any atom is -0.294 e. The van der Waals surface area contributed by atoms with Crippen molar-refractivity contribution >= 4 is 5.78 Å². The summed E-state index contributed by atoms with van der Waals surface area (Å²) in [6.45, 7) is 0. The molecular formula is C12H9F3N2O. The van der Waals surface area contributed by atoms with E-state index in [0.29, 0.717) is 17.8 Å². The molecule has 0 spiro atoms. The molecule has 0 saturated heterocycles. The lowest BCUT2D eigenvalue weighted by Gasteiger charge is -2.01. The summed E-state index contributed by atoms with van der Waals surface area (Å²) in [6, 6.07) is 2.99. The van der Waals surface area contributed by atoms with E-state index in [9.17, 15) is 18.0 Å². The Balaban J connectivity index is 2.24. The van der Waals surface area contributed by atoms with Crippen molar-refractivity contribution in [2.24, 2.45) is 7.05 Å². The molecule has 0 bridgehead atoms. The zero-order valence-corrected chi connectivity index (χ0v) is 9.45. The van der Waals surface area contributed by atoms with Gasteiger partial charge < -0.3 is 0 Å². The number of carbonyl (C=O) groups excluding carboxylic acids is 1. The Morgan fingerprint density at radius 2 is 1.89 bits per heavy atom. The minimum absolute atomic E-state index is 0.0919. The summed E-state index contributed by atoms with van der Waals surface area (Å²) in [4.78, 5) is 11.7. The number of hydrogen-bond acceptors (Lipinski definition) is 2. The lowest BCUT2D eigenvalue weighted by Crippen LogP contribution is -2.07. The highest BCUT2D eigenvalue weighted by molar-refractivity contribution is 5.97. The molecule has 1 aromatic carbocycles. The summed E-state index contributed by atoms with van der Waals surface area (Å²) in [7, 11) is 1.69. The smallest absolute Gasteiger partial charge is 0.194 e. The largest absolute Gasteiger partial charge is 0.294 e. The predicted octanol–water partition coefficient (Wildman–Crippen LogP) is 2.26. The fourth-order valence-electron chi connectivity index (χ4n) is 1.54. The highest BCUT2D eigenvalue weighted by Gasteiger charge is 2.16. The van der Waals surface area contributed by atoms with Crippen LogP contribution in [0.25, 0.3) is 0 Å². The van der Waals surface area contributed by atoms with Crippen molar-refractivity contribution in [3.05, 3.63) is 53.1 Å². The van der Waals surface area contributed by atoms with Crippen LogP contribution in [0.5, 0.6) is 0 Å². The lowest BCUT2D eigenvalue weighted by molar-refractivity contribution is 0.0990. The lowest BCUT2D eigenvalue weighted by atomic mass is 10.1. The summed E-state index contributed by atoms with van der Waals surface area (Å²) in [5, 5.41) is 3.97. The van der Waals surface area contributed by atoms with Gasteiger partial charge in [-0.2, -0.15) is 5.10 Å². The maximum atomic E-state index is 13.0. The maximum absolute atomic E-state index is 13.0. The van der Waals surface area contributed by atoms with Gasteiger partial charge in [0.15, 0.2) is 23.2 Å². The molecule has 3 nitrogen and oxygen atoms in total. The molecule has 0 unspecified atom stereocenters. The number of carbonyl (C=O) groups is 1. The average molecular weight is 254 g/mol. The van der Waals surface area contributed by atoms with Crippen LogP contribution >= 0.6 is 0 Å². The standard InChI is InChI=1S/C12H9F3N2O/c1-17-3-2-8(16-17)6-11(18)7-4-9(13)12(15)10(14)5-7/h2-5H,6H2,1H3. The summed E-state index contributed by atoms with van der Waals surface area (Å²) >= 11 is 0. The van der Waals surface area contributed by atoms with Gasteiger partial charge in [-0.3, -0.25) is 9.48 Å². The molecule has 0 aliphatic carbocycles. The third kappa shape index (κ3) is 2.42. The van der Waals surface area contributed by atoms with Crippen molar-refractivity contribution in [1.82, 2.24) is 9.78 Å². The summed E-state index contributed by atoms with van der Waals surface area (Å²) in [5.41, 5.74) is 0.268. The fraction of sp³-hybridized carbons (Fsp3) is 0.167. The number of hydrogen-bond donors (Lipinski definition) is 0. The van der Waals surface area contributed by atoms with Gasteiger partial charge in [0.1, 0.15) is 0 Å². The van der Waals surface area contributed by atoms with E-state index in [1.165, 1.54) is 4.68 Å². The molecule has 0 fully saturated rings. The number of benzene rings is 1. The molecule has 0 atom stereocenters. The quantitative estimate of drug-likeness (QED) is 0.622. The Kier molecular flexibility index (Phi) is 3.18. The monoisotopic (exact) mass is 254 g/mol. The normalized spacial score (nSPS) is 10.7. The number of aromatic nitrogens is 2. The fourth-order valence-corrected chi connectivity index (χ4v) is 1.54. The zero-order valence-electron chi connectivity index (χ0n) is 9.45. The second-order valence-corrected chi connectivity index (χ2v) is 3.83. The van der Waals surface area contributed by atoms with Gasteiger partial charge >= 0.3 is 0 Å². The molecule has 2 rings (SSSR count). The minimum atomic E-state index is -1.58. The molecule has 2 aromatic rings. The molecular weight excluding hydrogens is 245 g/mol. The molecule has 1 aromatic heterocycles. The Morgan fingerprint density at radius 1 is 1.28 bits per heavy atom. The molecule has 94 valence electrons. The summed E-state index contributed by atoms with van der Waals surface area (Å²) in [6.07, 6.45) is 1.56. The van der Waals surface area contributed by atoms with Gasteiger partial charge in [0, 0.05) is 18.8 Å². The number of Topliss-reactive ketones (excluding diaryl/α,β-unsaturated/α-hetero) is 1. The Hall–Kier alpha value is -2.11. The number of aryl methyl sites for hydroxylation is 1. The van der Waals surface area contributed by atoms with Gasteiger partial charge in [-0.05, 0) is 18.2 Å². The van der Waals surface area contributed by atoms with Crippen LogP contribution in [-0.4, -0.2) is 15.6 Å². The molecule has 18 heavy (non-hydrogen) atoms. The third-order valence-corrected chi connectivity index (χ3v) is 2.42. The summed E-state index contributed by atoms with van der Waals surface area (Å²) < 4.78 is 40.1. The molecule has 0 amide bonds. The van der Waals surface area contributed by atoms with Gasteiger partial charge in [-0.25, -0.2) is 13.2 Å². The first kappa shape index (κ1) is 12.3. The first-order valence-electron chi connectivity index (χ1n) is 5.13. The Morgan fingerprint density at radius 3 is 2.39 bits per heavy atom. The van der Waals surface area contributed by atoms with Crippen LogP contribution in [0, 0.1) is 17.5 Å². The van der Waals surface area contributed by atoms with Crippen LogP contribution in [0.2, 0.25) is 0 Å². The van der Waals surface area contributed by atoms with Crippen molar-refractivity contribution in [3.63, 3.8) is 0 Å². The first-order valence-corrected chi connectivity index (χ1v) is 5.13. The SMILES string of the molecule is Cn1ccc(CC(=O)c2cc(F)c(F)c(F)c2)n1. The van der Waals surface area contributed by atoms with E-state index in [0.717, 1.165) is 0 Å². The van der Waals surface area contributed by atoms with Crippen molar-refractivity contribution < 1.29 is 18.0 Å². The maximum Gasteiger partial charge on any atom is 0.194 e. The van der Waals surface area contributed by atoms with Gasteiger partial charge in [-0.1, -0.05) is 0 Å². The van der Waals surface area contributed by atoms with E-state index >= 15 is 0 Å². The van der Waals surface area contributed by atoms with E-state index in [2.05, 4.69) is 5.10 Å². The number of halogens is 3. The second-order valence-electron chi connectivity index (χ2n) is 3.83. The van der Waals surface area contributed by atoms with E-state index in [1.807, 2.05) is 0 Å². The molecule has 0 saturated carbocycles. The molecule has 1 heterocycles. The van der Waals surface area contributed by atoms with Crippen molar-refractivity contribution in [3.8, 4) is 0 Å². The second kappa shape index (κ2) is 4.64. The number of nitrogens with zero attached hydrogens (tertiary/aromatic N) is 2. The topological polar surface area (TPSA) is 34.9 Å². The van der Waals surface area contributed by atoms with E-state index in [-0.39, 0.29) is 12.0 Å². The average Bonchev–Trinajstić information content (AvgIpc) is 2.71. The molecule has 0 aliphatic heterocycles. The van der Waals surface area contributed by atoms with E-state index in [1.54, 1.807) is 19.3 Å². The van der Waals surface area contributed by atoms with Crippen LogP contribution in [0.3, 0.4) is 0 Å². The van der Waals surface area contributed by atoms with Crippen molar-refractivity contribution in [2.75, 3.05) is 0 Å². The molecule has 0 N–H and O–H groups in total. The van der Waals surface area contributed by atoms with E-state index < -0.39 is 23.2 Å².